The van der Waals surface area contributed by atoms with Gasteiger partial charge in [0.2, 0.25) is 0 Å². The Morgan fingerprint density at radius 3 is 2.71 bits per heavy atom. The monoisotopic (exact) mass is 375 g/mol. The van der Waals surface area contributed by atoms with E-state index in [-0.39, 0.29) is 11.4 Å². The molecule has 2 aromatic heterocycles. The molecule has 0 fully saturated rings. The highest BCUT2D eigenvalue weighted by molar-refractivity contribution is 5.86. The molecule has 0 saturated heterocycles. The van der Waals surface area contributed by atoms with Gasteiger partial charge in [-0.1, -0.05) is 24.3 Å². The molecule has 0 aliphatic rings. The second kappa shape index (κ2) is 7.03. The molecule has 0 saturated carbocycles. The van der Waals surface area contributed by atoms with Gasteiger partial charge in [-0.25, -0.2) is 4.98 Å². The molecule has 0 radical (unpaired) electrons. The van der Waals surface area contributed by atoms with Crippen LogP contribution in [0.3, 0.4) is 0 Å². The Bertz CT molecular complexity index is 1160. The third-order valence-corrected chi connectivity index (χ3v) is 4.51. The summed E-state index contributed by atoms with van der Waals surface area (Å²) in [6, 6.07) is 16.6. The number of aromatic nitrogens is 1. The number of nitro benzene ring substituents is 1. The lowest BCUT2D eigenvalue weighted by molar-refractivity contribution is -0.384. The molecule has 4 aromatic rings. The number of aromatic hydroxyl groups is 1. The predicted octanol–water partition coefficient (Wildman–Crippen LogP) is 4.95. The summed E-state index contributed by atoms with van der Waals surface area (Å²) in [6.07, 6.45) is 1.54. The van der Waals surface area contributed by atoms with Crippen LogP contribution in [0.1, 0.15) is 23.1 Å². The van der Waals surface area contributed by atoms with Gasteiger partial charge in [-0.05, 0) is 31.2 Å². The number of aryl methyl sites for hydroxylation is 1. The molecule has 2 N–H and O–H groups in total. The number of pyridine rings is 1. The van der Waals surface area contributed by atoms with Crippen molar-refractivity contribution in [1.82, 2.24) is 4.98 Å². The summed E-state index contributed by atoms with van der Waals surface area (Å²) < 4.78 is 5.56. The van der Waals surface area contributed by atoms with E-state index >= 15 is 0 Å². The molecule has 7 nitrogen and oxygen atoms in total. The van der Waals surface area contributed by atoms with Crippen LogP contribution in [0.25, 0.3) is 10.9 Å². The van der Waals surface area contributed by atoms with Crippen molar-refractivity contribution < 1.29 is 14.4 Å². The van der Waals surface area contributed by atoms with Crippen molar-refractivity contribution in [3.8, 4) is 5.75 Å². The SMILES string of the molecule is Cc1ccc2ccc(C(Nc3cccc([N+](=O)[O-])c3)c3ccco3)c(O)c2n1. The van der Waals surface area contributed by atoms with Crippen molar-refractivity contribution in [2.24, 2.45) is 0 Å². The zero-order valence-corrected chi connectivity index (χ0v) is 15.0. The number of phenolic OH excluding ortho intramolecular Hbond substituents is 1. The number of non-ortho nitro benzene ring substituents is 1. The van der Waals surface area contributed by atoms with Gasteiger partial charge in [0.25, 0.3) is 5.69 Å². The standard InChI is InChI=1S/C21H17N3O4/c1-13-7-8-14-9-10-17(21(25)19(14)22-13)20(18-6-3-11-28-18)23-15-4-2-5-16(12-15)24(26)27/h2-12,20,23,25H,1H3. The molecule has 2 heterocycles. The summed E-state index contributed by atoms with van der Waals surface area (Å²) in [5.41, 5.74) is 2.36. The molecular formula is C21H17N3O4. The lowest BCUT2D eigenvalue weighted by Crippen LogP contribution is -2.12. The summed E-state index contributed by atoms with van der Waals surface area (Å²) in [6.45, 7) is 1.86. The van der Waals surface area contributed by atoms with Gasteiger partial charge >= 0.3 is 0 Å². The number of hydrogen-bond donors (Lipinski definition) is 2. The van der Waals surface area contributed by atoms with E-state index in [0.29, 0.717) is 22.5 Å². The average Bonchev–Trinajstić information content (AvgIpc) is 3.22. The molecule has 0 aliphatic heterocycles. The first-order valence-corrected chi connectivity index (χ1v) is 8.66. The zero-order valence-electron chi connectivity index (χ0n) is 15.0. The number of hydrogen-bond acceptors (Lipinski definition) is 6. The highest BCUT2D eigenvalue weighted by atomic mass is 16.6. The number of nitrogens with one attached hydrogen (secondary N) is 1. The molecule has 4 rings (SSSR count). The van der Waals surface area contributed by atoms with E-state index in [1.54, 1.807) is 30.3 Å². The Labute approximate surface area is 160 Å². The first-order chi connectivity index (χ1) is 13.5. The van der Waals surface area contributed by atoms with Crippen molar-refractivity contribution in [2.45, 2.75) is 13.0 Å². The Morgan fingerprint density at radius 2 is 1.96 bits per heavy atom. The number of phenols is 1. The van der Waals surface area contributed by atoms with E-state index < -0.39 is 11.0 Å². The maximum absolute atomic E-state index is 11.1. The fourth-order valence-corrected chi connectivity index (χ4v) is 3.15. The molecule has 2 aromatic carbocycles. The largest absolute Gasteiger partial charge is 0.505 e. The fourth-order valence-electron chi connectivity index (χ4n) is 3.15. The Morgan fingerprint density at radius 1 is 1.14 bits per heavy atom. The smallest absolute Gasteiger partial charge is 0.271 e. The van der Waals surface area contributed by atoms with Gasteiger partial charge in [0.05, 0.1) is 11.2 Å². The van der Waals surface area contributed by atoms with Crippen LogP contribution in [0.2, 0.25) is 0 Å². The van der Waals surface area contributed by atoms with Gasteiger partial charge in [-0.15, -0.1) is 0 Å². The van der Waals surface area contributed by atoms with Gasteiger partial charge < -0.3 is 14.8 Å². The van der Waals surface area contributed by atoms with Gasteiger partial charge in [-0.2, -0.15) is 0 Å². The molecule has 0 amide bonds. The quantitative estimate of drug-likeness (QED) is 0.378. The number of benzene rings is 2. The van der Waals surface area contributed by atoms with Gasteiger partial charge in [0.1, 0.15) is 23.1 Å². The molecule has 1 atom stereocenters. The summed E-state index contributed by atoms with van der Waals surface area (Å²) in [4.78, 5) is 15.1. The van der Waals surface area contributed by atoms with Crippen LogP contribution in [0, 0.1) is 17.0 Å². The third-order valence-electron chi connectivity index (χ3n) is 4.51. The van der Waals surface area contributed by atoms with Crippen molar-refractivity contribution in [3.05, 3.63) is 94.1 Å². The van der Waals surface area contributed by atoms with Crippen LogP contribution >= 0.6 is 0 Å². The number of anilines is 1. The van der Waals surface area contributed by atoms with Crippen molar-refractivity contribution in [1.29, 1.82) is 0 Å². The summed E-state index contributed by atoms with van der Waals surface area (Å²) in [7, 11) is 0. The number of fused-ring (bicyclic) bond motifs is 1. The Balaban J connectivity index is 1.82. The molecule has 28 heavy (non-hydrogen) atoms. The van der Waals surface area contributed by atoms with E-state index in [0.717, 1.165) is 11.1 Å². The molecule has 7 heteroatoms. The molecule has 140 valence electrons. The predicted molar refractivity (Wildman–Crippen MR) is 105 cm³/mol. The number of nitro groups is 1. The lowest BCUT2D eigenvalue weighted by Gasteiger charge is -2.20. The summed E-state index contributed by atoms with van der Waals surface area (Å²) in [5.74, 6) is 0.606. The fraction of sp³-hybridized carbons (Fsp3) is 0.0952. The molecule has 0 bridgehead atoms. The first-order valence-electron chi connectivity index (χ1n) is 8.66. The van der Waals surface area contributed by atoms with Gasteiger partial charge in [0.15, 0.2) is 0 Å². The molecular weight excluding hydrogens is 358 g/mol. The summed E-state index contributed by atoms with van der Waals surface area (Å²) in [5, 5.41) is 26.0. The van der Waals surface area contributed by atoms with Crippen LogP contribution in [0.5, 0.6) is 5.75 Å². The highest BCUT2D eigenvalue weighted by Crippen LogP contribution is 2.37. The first kappa shape index (κ1) is 17.5. The van der Waals surface area contributed by atoms with Crippen molar-refractivity contribution >= 4 is 22.3 Å². The van der Waals surface area contributed by atoms with Crippen LogP contribution in [0.4, 0.5) is 11.4 Å². The second-order valence-electron chi connectivity index (χ2n) is 6.43. The van der Waals surface area contributed by atoms with E-state index in [4.69, 9.17) is 4.42 Å². The van der Waals surface area contributed by atoms with E-state index in [2.05, 4.69) is 10.3 Å². The van der Waals surface area contributed by atoms with Crippen molar-refractivity contribution in [3.63, 3.8) is 0 Å². The lowest BCUT2D eigenvalue weighted by atomic mass is 10.00. The Kier molecular flexibility index (Phi) is 4.41. The second-order valence-corrected chi connectivity index (χ2v) is 6.43. The van der Waals surface area contributed by atoms with Crippen molar-refractivity contribution in [2.75, 3.05) is 5.32 Å². The minimum atomic E-state index is -0.552. The molecule has 1 unspecified atom stereocenters. The number of furan rings is 1. The minimum absolute atomic E-state index is 0.0248. The maximum atomic E-state index is 11.1. The molecule has 0 aliphatic carbocycles. The molecule has 0 spiro atoms. The van der Waals surface area contributed by atoms with Crippen LogP contribution in [-0.2, 0) is 0 Å². The highest BCUT2D eigenvalue weighted by Gasteiger charge is 2.23. The average molecular weight is 375 g/mol. The normalized spacial score (nSPS) is 12.0. The van der Waals surface area contributed by atoms with Crippen LogP contribution < -0.4 is 5.32 Å². The van der Waals surface area contributed by atoms with Gasteiger partial charge in [0, 0.05) is 34.5 Å². The van der Waals surface area contributed by atoms with Crippen LogP contribution in [-0.4, -0.2) is 15.0 Å². The van der Waals surface area contributed by atoms with E-state index in [1.165, 1.54) is 18.4 Å². The Hall–Kier alpha value is -3.87. The van der Waals surface area contributed by atoms with Crippen LogP contribution in [0.15, 0.2) is 71.3 Å². The van der Waals surface area contributed by atoms with Gasteiger partial charge in [-0.3, -0.25) is 10.1 Å². The van der Waals surface area contributed by atoms with E-state index in [9.17, 15) is 15.2 Å². The number of rotatable bonds is 5. The number of nitrogens with zero attached hydrogens (tertiary/aromatic N) is 2. The third kappa shape index (κ3) is 3.25. The topological polar surface area (TPSA) is 101 Å². The zero-order chi connectivity index (χ0) is 19.7. The van der Waals surface area contributed by atoms with E-state index in [1.807, 2.05) is 25.1 Å². The maximum Gasteiger partial charge on any atom is 0.271 e. The summed E-state index contributed by atoms with van der Waals surface area (Å²) >= 11 is 0. The minimum Gasteiger partial charge on any atom is -0.505 e.